The monoisotopic (exact) mass is 167 g/mol. The molecule has 0 spiro atoms. The van der Waals surface area contributed by atoms with E-state index in [0.717, 1.165) is 6.54 Å². The maximum absolute atomic E-state index is 3.51. The fraction of sp³-hybridized carbons (Fsp3) is 0.818. The molecule has 70 valence electrons. The summed E-state index contributed by atoms with van der Waals surface area (Å²) in [4.78, 5) is 0. The van der Waals surface area contributed by atoms with Gasteiger partial charge in [0.05, 0.1) is 0 Å². The minimum atomic E-state index is 0.464. The molecule has 0 saturated heterocycles. The van der Waals surface area contributed by atoms with Crippen molar-refractivity contribution in [2.45, 2.75) is 39.5 Å². The van der Waals surface area contributed by atoms with Gasteiger partial charge in [-0.25, -0.2) is 0 Å². The van der Waals surface area contributed by atoms with Gasteiger partial charge in [-0.2, -0.15) is 0 Å². The Labute approximate surface area is 76.2 Å². The SMILES string of the molecule is CCCC1(CC)C=CCCNC1. The summed E-state index contributed by atoms with van der Waals surface area (Å²) in [7, 11) is 0. The molecule has 0 aromatic heterocycles. The third-order valence-electron chi connectivity index (χ3n) is 2.89. The van der Waals surface area contributed by atoms with Gasteiger partial charge in [0.1, 0.15) is 0 Å². The van der Waals surface area contributed by atoms with Crippen molar-refractivity contribution in [2.75, 3.05) is 13.1 Å². The Kier molecular flexibility index (Phi) is 3.80. The van der Waals surface area contributed by atoms with Gasteiger partial charge in [0.15, 0.2) is 0 Å². The first-order chi connectivity index (χ1) is 5.83. The van der Waals surface area contributed by atoms with E-state index in [9.17, 15) is 0 Å². The molecule has 0 amide bonds. The number of hydrogen-bond acceptors (Lipinski definition) is 1. The highest BCUT2D eigenvalue weighted by molar-refractivity contribution is 5.02. The van der Waals surface area contributed by atoms with Crippen LogP contribution in [0.25, 0.3) is 0 Å². The lowest BCUT2D eigenvalue weighted by atomic mass is 9.80. The van der Waals surface area contributed by atoms with E-state index in [2.05, 4.69) is 31.3 Å². The topological polar surface area (TPSA) is 12.0 Å². The van der Waals surface area contributed by atoms with E-state index in [4.69, 9.17) is 0 Å². The van der Waals surface area contributed by atoms with Crippen LogP contribution in [0.5, 0.6) is 0 Å². The normalized spacial score (nSPS) is 30.2. The van der Waals surface area contributed by atoms with Gasteiger partial charge in [-0.1, -0.05) is 32.4 Å². The van der Waals surface area contributed by atoms with Crippen molar-refractivity contribution in [3.05, 3.63) is 12.2 Å². The molecule has 1 nitrogen and oxygen atoms in total. The highest BCUT2D eigenvalue weighted by Crippen LogP contribution is 2.30. The average molecular weight is 167 g/mol. The van der Waals surface area contributed by atoms with Crippen LogP contribution in [0.1, 0.15) is 39.5 Å². The van der Waals surface area contributed by atoms with E-state index < -0.39 is 0 Å². The molecular formula is C11H21N. The van der Waals surface area contributed by atoms with Crippen molar-refractivity contribution in [1.82, 2.24) is 5.32 Å². The molecule has 0 aromatic carbocycles. The Morgan fingerprint density at radius 1 is 1.42 bits per heavy atom. The van der Waals surface area contributed by atoms with Crippen molar-refractivity contribution < 1.29 is 0 Å². The Hall–Kier alpha value is -0.300. The van der Waals surface area contributed by atoms with Gasteiger partial charge in [0.2, 0.25) is 0 Å². The average Bonchev–Trinajstić information content (AvgIpc) is 2.32. The number of nitrogens with one attached hydrogen (secondary N) is 1. The molecule has 0 fully saturated rings. The first kappa shape index (κ1) is 9.79. The summed E-state index contributed by atoms with van der Waals surface area (Å²) >= 11 is 0. The first-order valence-electron chi connectivity index (χ1n) is 5.21. The van der Waals surface area contributed by atoms with E-state index in [1.54, 1.807) is 0 Å². The molecule has 0 aliphatic carbocycles. The smallest absolute Gasteiger partial charge is 0.00425 e. The zero-order chi connectivity index (χ0) is 8.86. The molecule has 0 radical (unpaired) electrons. The van der Waals surface area contributed by atoms with Crippen molar-refractivity contribution in [3.63, 3.8) is 0 Å². The second kappa shape index (κ2) is 4.66. The molecule has 0 saturated carbocycles. The van der Waals surface area contributed by atoms with Gasteiger partial charge in [-0.3, -0.25) is 0 Å². The third-order valence-corrected chi connectivity index (χ3v) is 2.89. The Morgan fingerprint density at radius 2 is 2.25 bits per heavy atom. The molecule has 1 N–H and O–H groups in total. The van der Waals surface area contributed by atoms with Gasteiger partial charge in [0, 0.05) is 12.0 Å². The van der Waals surface area contributed by atoms with Crippen LogP contribution >= 0.6 is 0 Å². The minimum absolute atomic E-state index is 0.464. The summed E-state index contributed by atoms with van der Waals surface area (Å²) in [6.45, 7) is 6.90. The predicted molar refractivity (Wildman–Crippen MR) is 54.3 cm³/mol. The van der Waals surface area contributed by atoms with Crippen LogP contribution in [0.15, 0.2) is 12.2 Å². The lowest BCUT2D eigenvalue weighted by Gasteiger charge is -2.28. The highest BCUT2D eigenvalue weighted by atomic mass is 14.9. The minimum Gasteiger partial charge on any atom is -0.316 e. The second-order valence-electron chi connectivity index (χ2n) is 3.83. The Bertz CT molecular complexity index is 151. The van der Waals surface area contributed by atoms with Crippen molar-refractivity contribution in [3.8, 4) is 0 Å². The van der Waals surface area contributed by atoms with E-state index in [0.29, 0.717) is 5.41 Å². The van der Waals surface area contributed by atoms with Crippen LogP contribution in [0.4, 0.5) is 0 Å². The molecule has 1 unspecified atom stereocenters. The third kappa shape index (κ3) is 2.34. The van der Waals surface area contributed by atoms with Gasteiger partial charge in [-0.15, -0.1) is 0 Å². The summed E-state index contributed by atoms with van der Waals surface area (Å²) in [6.07, 6.45) is 9.87. The van der Waals surface area contributed by atoms with Gasteiger partial charge < -0.3 is 5.32 Å². The van der Waals surface area contributed by atoms with E-state index >= 15 is 0 Å². The van der Waals surface area contributed by atoms with Gasteiger partial charge in [0.25, 0.3) is 0 Å². The fourth-order valence-electron chi connectivity index (χ4n) is 2.00. The van der Waals surface area contributed by atoms with Crippen LogP contribution in [0.2, 0.25) is 0 Å². The summed E-state index contributed by atoms with van der Waals surface area (Å²) in [5.74, 6) is 0. The molecular weight excluding hydrogens is 146 g/mol. The molecule has 12 heavy (non-hydrogen) atoms. The Morgan fingerprint density at radius 3 is 2.92 bits per heavy atom. The lowest BCUT2D eigenvalue weighted by molar-refractivity contribution is 0.321. The standard InChI is InChI=1S/C11H21N/c1-3-7-11(4-2)8-5-6-9-12-10-11/h5,8,12H,3-4,6-7,9-10H2,1-2H3. The Balaban J connectivity index is 2.60. The van der Waals surface area contributed by atoms with Crippen LogP contribution in [-0.2, 0) is 0 Å². The molecule has 1 aliphatic rings. The van der Waals surface area contributed by atoms with Crippen LogP contribution < -0.4 is 5.32 Å². The summed E-state index contributed by atoms with van der Waals surface area (Å²) < 4.78 is 0. The molecule has 1 heteroatoms. The molecule has 0 bridgehead atoms. The molecule has 0 aromatic rings. The van der Waals surface area contributed by atoms with E-state index in [1.165, 1.54) is 32.2 Å². The summed E-state index contributed by atoms with van der Waals surface area (Å²) in [5.41, 5.74) is 0.464. The van der Waals surface area contributed by atoms with Gasteiger partial charge >= 0.3 is 0 Å². The number of rotatable bonds is 3. The highest BCUT2D eigenvalue weighted by Gasteiger charge is 2.24. The lowest BCUT2D eigenvalue weighted by Crippen LogP contribution is -2.31. The molecule has 1 aliphatic heterocycles. The molecule has 1 atom stereocenters. The maximum atomic E-state index is 3.51. The zero-order valence-corrected chi connectivity index (χ0v) is 8.40. The summed E-state index contributed by atoms with van der Waals surface area (Å²) in [6, 6.07) is 0. The fourth-order valence-corrected chi connectivity index (χ4v) is 2.00. The molecule has 1 rings (SSSR count). The number of hydrogen-bond donors (Lipinski definition) is 1. The zero-order valence-electron chi connectivity index (χ0n) is 8.40. The predicted octanol–water partition coefficient (Wildman–Crippen LogP) is 2.73. The van der Waals surface area contributed by atoms with Gasteiger partial charge in [-0.05, 0) is 25.8 Å². The van der Waals surface area contributed by atoms with Crippen molar-refractivity contribution in [1.29, 1.82) is 0 Å². The van der Waals surface area contributed by atoms with Crippen molar-refractivity contribution in [2.24, 2.45) is 5.41 Å². The van der Waals surface area contributed by atoms with Crippen molar-refractivity contribution >= 4 is 0 Å². The second-order valence-corrected chi connectivity index (χ2v) is 3.83. The van der Waals surface area contributed by atoms with E-state index in [-0.39, 0.29) is 0 Å². The van der Waals surface area contributed by atoms with Crippen LogP contribution in [-0.4, -0.2) is 13.1 Å². The molecule has 1 heterocycles. The van der Waals surface area contributed by atoms with Crippen LogP contribution in [0.3, 0.4) is 0 Å². The first-order valence-corrected chi connectivity index (χ1v) is 5.21. The van der Waals surface area contributed by atoms with E-state index in [1.807, 2.05) is 0 Å². The quantitative estimate of drug-likeness (QED) is 0.637. The summed E-state index contributed by atoms with van der Waals surface area (Å²) in [5, 5.41) is 3.51. The maximum Gasteiger partial charge on any atom is 0.00425 e. The largest absolute Gasteiger partial charge is 0.316 e. The van der Waals surface area contributed by atoms with Crippen LogP contribution in [0, 0.1) is 5.41 Å².